The van der Waals surface area contributed by atoms with Crippen molar-refractivity contribution in [2.24, 2.45) is 21.8 Å². The first-order valence-corrected chi connectivity index (χ1v) is 24.4. The molecule has 0 spiro atoms. The van der Waals surface area contributed by atoms with Crippen molar-refractivity contribution in [1.29, 1.82) is 0 Å². The highest BCUT2D eigenvalue weighted by atomic mass is 16.5. The standard InChI is InChI=1S/C61H57N3O/c1-2-40-38-55(44-20-10-5-11-21-44)62-60(45-30-28-43(29-31-45)41-16-6-3-7-17-41)63-61(40)64-56-35-33-48(47-23-14-22-46(36-47)42-18-8-4-9-19-42)37-54(56)51-34-32-49(39-57(51)64)50-25-15-26-53-52-24-12-13-27-58(52)65-59(50)53/h2,4-6,8,10,12-13,15-18,20,23-28,30-36,39,43,48,52,58,61H,3,7,9,11,14,19,21-22,29,37-38H2,1H3/b40-2-. The zero-order valence-corrected chi connectivity index (χ0v) is 37.5. The third-order valence-electron chi connectivity index (χ3n) is 15.1. The number of amidine groups is 1. The van der Waals surface area contributed by atoms with Gasteiger partial charge in [-0.05, 0) is 134 Å². The molecule has 0 N–H and O–H groups in total. The van der Waals surface area contributed by atoms with E-state index >= 15 is 0 Å². The predicted molar refractivity (Wildman–Crippen MR) is 271 cm³/mol. The molecule has 5 atom stereocenters. The Morgan fingerprint density at radius 1 is 0.738 bits per heavy atom. The van der Waals surface area contributed by atoms with Crippen LogP contribution < -0.4 is 4.74 Å². The van der Waals surface area contributed by atoms with Gasteiger partial charge in [-0.15, -0.1) is 0 Å². The van der Waals surface area contributed by atoms with Crippen molar-refractivity contribution >= 4 is 28.5 Å². The van der Waals surface area contributed by atoms with Gasteiger partial charge in [-0.2, -0.15) is 0 Å². The molecule has 0 amide bonds. The molecule has 7 aliphatic carbocycles. The summed E-state index contributed by atoms with van der Waals surface area (Å²) in [7, 11) is 0. The second-order valence-corrected chi connectivity index (χ2v) is 18.9. The van der Waals surface area contributed by atoms with Gasteiger partial charge in [0.05, 0.1) is 11.2 Å². The number of nitrogens with zero attached hydrogens (tertiary/aromatic N) is 3. The lowest BCUT2D eigenvalue weighted by Crippen LogP contribution is -2.17. The number of aromatic nitrogens is 1. The van der Waals surface area contributed by atoms with Gasteiger partial charge in [0.1, 0.15) is 18.0 Å². The second kappa shape index (κ2) is 17.1. The molecule has 3 aromatic rings. The summed E-state index contributed by atoms with van der Waals surface area (Å²) in [6, 6.07) is 13.9. The SMILES string of the molecule is C/C=C1/CC(C2=CC=CCC2)=NC(C2=CCC(C3=CCCC=C3)C=C2)=NC1n1c2c(c3ccc(-c4cccc5c4OC4C=CC=CC54)cc31)CC(C1=CCCC(C3=CC=CCC3)=C1)C=C2. The molecular formula is C61H57N3O. The largest absolute Gasteiger partial charge is 0.484 e. The molecule has 12 rings (SSSR count). The Morgan fingerprint density at radius 3 is 2.40 bits per heavy atom. The zero-order valence-electron chi connectivity index (χ0n) is 37.5. The van der Waals surface area contributed by atoms with Crippen LogP contribution in [0.1, 0.15) is 100 Å². The molecular weight excluding hydrogens is 791 g/mol. The minimum absolute atomic E-state index is 0.0295. The third-order valence-corrected chi connectivity index (χ3v) is 15.1. The summed E-state index contributed by atoms with van der Waals surface area (Å²) in [5, 5.41) is 1.30. The number of para-hydroxylation sites is 1. The van der Waals surface area contributed by atoms with Crippen molar-refractivity contribution in [3.05, 3.63) is 214 Å². The Balaban J connectivity index is 1.00. The maximum atomic E-state index is 6.77. The lowest BCUT2D eigenvalue weighted by molar-refractivity contribution is 0.270. The van der Waals surface area contributed by atoms with Crippen LogP contribution in [0.15, 0.2) is 207 Å². The number of rotatable bonds is 7. The van der Waals surface area contributed by atoms with Crippen molar-refractivity contribution in [1.82, 2.24) is 4.57 Å². The first-order valence-electron chi connectivity index (χ1n) is 24.4. The zero-order chi connectivity index (χ0) is 43.3. The summed E-state index contributed by atoms with van der Waals surface area (Å²) >= 11 is 0. The Hall–Kier alpha value is -6.52. The van der Waals surface area contributed by atoms with E-state index in [0.717, 1.165) is 99.1 Å². The molecule has 0 radical (unpaired) electrons. The van der Waals surface area contributed by atoms with Crippen LogP contribution >= 0.6 is 0 Å². The average molecular weight is 848 g/mol. The lowest BCUT2D eigenvalue weighted by Gasteiger charge is -2.26. The predicted octanol–water partition coefficient (Wildman–Crippen LogP) is 15.1. The third kappa shape index (κ3) is 7.41. The van der Waals surface area contributed by atoms with Gasteiger partial charge < -0.3 is 9.30 Å². The number of hydrogen-bond acceptors (Lipinski definition) is 3. The number of benzene rings is 2. The average Bonchev–Trinajstić information content (AvgIpc) is 3.85. The van der Waals surface area contributed by atoms with Gasteiger partial charge in [-0.25, -0.2) is 9.98 Å². The molecule has 0 fully saturated rings. The van der Waals surface area contributed by atoms with E-state index in [9.17, 15) is 0 Å². The van der Waals surface area contributed by atoms with Crippen LogP contribution in [0.2, 0.25) is 0 Å². The second-order valence-electron chi connectivity index (χ2n) is 18.9. The van der Waals surface area contributed by atoms with E-state index in [2.05, 4.69) is 175 Å². The highest BCUT2D eigenvalue weighted by Gasteiger charge is 2.35. The number of allylic oxidation sites excluding steroid dienone is 22. The maximum absolute atomic E-state index is 6.77. The van der Waals surface area contributed by atoms with Crippen LogP contribution in [0.3, 0.4) is 0 Å². The fourth-order valence-electron chi connectivity index (χ4n) is 11.6. The van der Waals surface area contributed by atoms with Gasteiger partial charge in [0.25, 0.3) is 0 Å². The van der Waals surface area contributed by atoms with E-state index in [1.807, 2.05) is 0 Å². The van der Waals surface area contributed by atoms with Crippen LogP contribution in [0.4, 0.5) is 0 Å². The Kier molecular flexibility index (Phi) is 10.5. The van der Waals surface area contributed by atoms with Crippen molar-refractivity contribution < 1.29 is 4.74 Å². The fourth-order valence-corrected chi connectivity index (χ4v) is 11.6. The van der Waals surface area contributed by atoms with Crippen LogP contribution in [-0.2, 0) is 6.42 Å². The molecule has 3 heterocycles. The first kappa shape index (κ1) is 40.0. The highest BCUT2D eigenvalue weighted by molar-refractivity contribution is 6.14. The van der Waals surface area contributed by atoms with Gasteiger partial charge in [-0.3, -0.25) is 0 Å². The smallest absolute Gasteiger partial charge is 0.156 e. The molecule has 1 aromatic heterocycles. The van der Waals surface area contributed by atoms with Crippen LogP contribution in [0, 0.1) is 11.8 Å². The molecule has 65 heavy (non-hydrogen) atoms. The summed E-state index contributed by atoms with van der Waals surface area (Å²) in [4.78, 5) is 11.4. The van der Waals surface area contributed by atoms with Crippen molar-refractivity contribution in [2.75, 3.05) is 0 Å². The highest BCUT2D eigenvalue weighted by Crippen LogP contribution is 2.49. The lowest BCUT2D eigenvalue weighted by atomic mass is 9.81. The van der Waals surface area contributed by atoms with E-state index < -0.39 is 0 Å². The molecule has 0 saturated heterocycles. The molecule has 5 unspecified atom stereocenters. The van der Waals surface area contributed by atoms with Gasteiger partial charge in [0.2, 0.25) is 0 Å². The quantitative estimate of drug-likeness (QED) is 0.218. The summed E-state index contributed by atoms with van der Waals surface area (Å²) in [5.74, 6) is 2.76. The van der Waals surface area contributed by atoms with Crippen LogP contribution in [0.5, 0.6) is 5.75 Å². The van der Waals surface area contributed by atoms with Gasteiger partial charge in [0.15, 0.2) is 5.84 Å². The van der Waals surface area contributed by atoms with Crippen LogP contribution in [-0.4, -0.2) is 22.2 Å². The number of hydrogen-bond donors (Lipinski definition) is 0. The molecule has 0 saturated carbocycles. The number of fused-ring (bicyclic) bond motifs is 6. The van der Waals surface area contributed by atoms with Crippen molar-refractivity contribution in [3.63, 3.8) is 0 Å². The van der Waals surface area contributed by atoms with E-state index in [1.165, 1.54) is 66.7 Å². The molecule has 0 bridgehead atoms. The van der Waals surface area contributed by atoms with Crippen molar-refractivity contribution in [2.45, 2.75) is 95.7 Å². The molecule has 9 aliphatic rings. The van der Waals surface area contributed by atoms with E-state index in [0.29, 0.717) is 11.8 Å². The molecule has 2 aromatic carbocycles. The minimum Gasteiger partial charge on any atom is -0.484 e. The van der Waals surface area contributed by atoms with Crippen molar-refractivity contribution in [3.8, 4) is 16.9 Å². The number of aliphatic imine (C=N–C) groups is 2. The Bertz CT molecular complexity index is 3010. The minimum atomic E-state index is -0.280. The molecule has 322 valence electrons. The summed E-state index contributed by atoms with van der Waals surface area (Å²) in [6.45, 7) is 2.20. The normalized spacial score (nSPS) is 27.1. The first-order chi connectivity index (χ1) is 32.2. The maximum Gasteiger partial charge on any atom is 0.156 e. The van der Waals surface area contributed by atoms with Gasteiger partial charge in [0, 0.05) is 52.0 Å². The molecule has 4 heteroatoms. The Morgan fingerprint density at radius 2 is 1.58 bits per heavy atom. The molecule has 4 nitrogen and oxygen atoms in total. The topological polar surface area (TPSA) is 38.9 Å². The summed E-state index contributed by atoms with van der Waals surface area (Å²) in [6.07, 6.45) is 60.0. The van der Waals surface area contributed by atoms with E-state index in [4.69, 9.17) is 14.7 Å². The molecule has 2 aliphatic heterocycles. The van der Waals surface area contributed by atoms with Gasteiger partial charge in [-0.1, -0.05) is 146 Å². The number of ether oxygens (including phenoxy) is 1. The van der Waals surface area contributed by atoms with Crippen LogP contribution in [0.25, 0.3) is 28.1 Å². The summed E-state index contributed by atoms with van der Waals surface area (Å²) < 4.78 is 9.34. The van der Waals surface area contributed by atoms with E-state index in [-0.39, 0.29) is 18.2 Å². The van der Waals surface area contributed by atoms with E-state index in [1.54, 1.807) is 0 Å². The fraction of sp³-hybridized carbons (Fsp3) is 0.279. The van der Waals surface area contributed by atoms with Gasteiger partial charge >= 0.3 is 0 Å². The summed E-state index contributed by atoms with van der Waals surface area (Å²) in [5.41, 5.74) is 18.2. The Labute approximate surface area is 384 Å². The monoisotopic (exact) mass is 847 g/mol.